The molecule has 0 aliphatic carbocycles. The second kappa shape index (κ2) is 10.4. The molecule has 162 valence electrons. The number of fused-ring (bicyclic) bond motifs is 1. The third-order valence-corrected chi connectivity index (χ3v) is 5.17. The summed E-state index contributed by atoms with van der Waals surface area (Å²) in [4.78, 5) is 22.1. The zero-order valence-corrected chi connectivity index (χ0v) is 18.7. The first-order chi connectivity index (χ1) is 15.4. The summed E-state index contributed by atoms with van der Waals surface area (Å²) in [6.07, 6.45) is 0. The molecule has 0 saturated heterocycles. The van der Waals surface area contributed by atoms with E-state index in [0.29, 0.717) is 5.56 Å². The number of carbonyl (C=O) groups excluding carboxylic acids is 2. The van der Waals surface area contributed by atoms with Gasteiger partial charge in [-0.05, 0) is 78.2 Å². The molecule has 4 aromatic rings. The minimum Gasteiger partial charge on any atom is -0.497 e. The average molecular weight is 427 g/mol. The molecule has 0 aliphatic rings. The van der Waals surface area contributed by atoms with Crippen LogP contribution in [0.5, 0.6) is 11.5 Å². The van der Waals surface area contributed by atoms with Crippen LogP contribution in [0.2, 0.25) is 0 Å². The Hall–Kier alpha value is -3.92. The van der Waals surface area contributed by atoms with Gasteiger partial charge in [0.05, 0.1) is 14.2 Å². The lowest BCUT2D eigenvalue weighted by Gasteiger charge is -2.06. The van der Waals surface area contributed by atoms with Gasteiger partial charge in [-0.3, -0.25) is 9.59 Å². The summed E-state index contributed by atoms with van der Waals surface area (Å²) in [6.45, 7) is 3.13. The minimum absolute atomic E-state index is 0.0765. The predicted octanol–water partition coefficient (Wildman–Crippen LogP) is 6.62. The van der Waals surface area contributed by atoms with Gasteiger partial charge in [0.1, 0.15) is 11.5 Å². The second-order valence-corrected chi connectivity index (χ2v) is 7.35. The number of ketones is 2. The van der Waals surface area contributed by atoms with E-state index in [0.717, 1.165) is 33.6 Å². The van der Waals surface area contributed by atoms with E-state index >= 15 is 0 Å². The Labute approximate surface area is 188 Å². The van der Waals surface area contributed by atoms with Crippen LogP contribution in [-0.2, 0) is 0 Å². The van der Waals surface area contributed by atoms with Crippen molar-refractivity contribution in [3.8, 4) is 22.6 Å². The van der Waals surface area contributed by atoms with Gasteiger partial charge in [0.25, 0.3) is 0 Å². The molecule has 0 fully saturated rings. The van der Waals surface area contributed by atoms with Gasteiger partial charge in [0.2, 0.25) is 0 Å². The summed E-state index contributed by atoms with van der Waals surface area (Å²) >= 11 is 0. The van der Waals surface area contributed by atoms with Crippen molar-refractivity contribution in [3.05, 3.63) is 96.1 Å². The lowest BCUT2D eigenvalue weighted by Crippen LogP contribution is -1.91. The molecule has 4 nitrogen and oxygen atoms in total. The van der Waals surface area contributed by atoms with Crippen molar-refractivity contribution >= 4 is 22.3 Å². The molecule has 4 aromatic carbocycles. The number of rotatable bonds is 5. The molecule has 4 rings (SSSR count). The molecule has 0 spiro atoms. The number of methoxy groups -OCH3 is 2. The zero-order valence-electron chi connectivity index (χ0n) is 18.7. The van der Waals surface area contributed by atoms with Crippen LogP contribution in [0.4, 0.5) is 0 Å². The number of carbonyl (C=O) groups is 2. The molecule has 0 amide bonds. The van der Waals surface area contributed by atoms with Crippen LogP contribution in [0.25, 0.3) is 21.9 Å². The summed E-state index contributed by atoms with van der Waals surface area (Å²) in [7, 11) is 3.27. The van der Waals surface area contributed by atoms with E-state index in [1.54, 1.807) is 52.3 Å². The number of hydrogen-bond donors (Lipinski definition) is 0. The van der Waals surface area contributed by atoms with E-state index in [-0.39, 0.29) is 11.6 Å². The standard InChI is InChI=1S/C19H16O2.C9H10O2/c1-13(20)14-3-5-15(6-4-14)16-7-8-18-12-19(21-2)10-9-17(18)11-16;1-7(10)8-3-5-9(11-2)6-4-8/h3-12H,1-2H3;3-6H,1-2H3. The number of ether oxygens (including phenoxy) is 2. The molecular weight excluding hydrogens is 400 g/mol. The molecule has 0 bridgehead atoms. The normalized spacial score (nSPS) is 10.1. The van der Waals surface area contributed by atoms with Crippen molar-refractivity contribution in [2.45, 2.75) is 13.8 Å². The molecule has 4 heteroatoms. The maximum absolute atomic E-state index is 11.3. The fourth-order valence-electron chi connectivity index (χ4n) is 3.25. The number of Topliss-reactive ketones (excluding diaryl/α,β-unsaturated/α-hetero) is 2. The zero-order chi connectivity index (χ0) is 23.1. The highest BCUT2D eigenvalue weighted by Gasteiger charge is 2.03. The van der Waals surface area contributed by atoms with Gasteiger partial charge < -0.3 is 9.47 Å². The Morgan fingerprint density at radius 3 is 1.50 bits per heavy atom. The maximum Gasteiger partial charge on any atom is 0.159 e. The Bertz CT molecular complexity index is 1220. The first kappa shape index (κ1) is 22.8. The van der Waals surface area contributed by atoms with E-state index in [4.69, 9.17) is 9.47 Å². The van der Waals surface area contributed by atoms with Crippen LogP contribution in [0.3, 0.4) is 0 Å². The van der Waals surface area contributed by atoms with E-state index in [1.165, 1.54) is 5.39 Å². The summed E-state index contributed by atoms with van der Waals surface area (Å²) in [5, 5.41) is 2.32. The van der Waals surface area contributed by atoms with Crippen LogP contribution in [-0.4, -0.2) is 25.8 Å². The molecule has 0 unspecified atom stereocenters. The van der Waals surface area contributed by atoms with Crippen LogP contribution in [0.15, 0.2) is 84.9 Å². The average Bonchev–Trinajstić information content (AvgIpc) is 2.83. The van der Waals surface area contributed by atoms with Crippen molar-refractivity contribution in [1.29, 1.82) is 0 Å². The van der Waals surface area contributed by atoms with Crippen molar-refractivity contribution in [2.75, 3.05) is 14.2 Å². The van der Waals surface area contributed by atoms with E-state index in [1.807, 2.05) is 36.4 Å². The van der Waals surface area contributed by atoms with Crippen molar-refractivity contribution < 1.29 is 19.1 Å². The van der Waals surface area contributed by atoms with Crippen LogP contribution >= 0.6 is 0 Å². The molecule has 0 atom stereocenters. The Kier molecular flexibility index (Phi) is 7.40. The van der Waals surface area contributed by atoms with Crippen LogP contribution in [0, 0.1) is 0 Å². The van der Waals surface area contributed by atoms with Gasteiger partial charge in [0.15, 0.2) is 11.6 Å². The summed E-state index contributed by atoms with van der Waals surface area (Å²) in [5.41, 5.74) is 3.70. The number of benzene rings is 4. The Balaban J connectivity index is 0.000000222. The van der Waals surface area contributed by atoms with Gasteiger partial charge in [-0.1, -0.05) is 42.5 Å². The smallest absolute Gasteiger partial charge is 0.159 e. The molecule has 0 aliphatic heterocycles. The quantitative estimate of drug-likeness (QED) is 0.337. The Morgan fingerprint density at radius 1 is 0.531 bits per heavy atom. The summed E-state index contributed by atoms with van der Waals surface area (Å²) in [6, 6.07) is 27.1. The topological polar surface area (TPSA) is 52.6 Å². The first-order valence-electron chi connectivity index (χ1n) is 10.3. The molecule has 0 aromatic heterocycles. The van der Waals surface area contributed by atoms with Crippen molar-refractivity contribution in [2.24, 2.45) is 0 Å². The molecular formula is C28H26O4. The highest BCUT2D eigenvalue weighted by Crippen LogP contribution is 2.27. The first-order valence-corrected chi connectivity index (χ1v) is 10.3. The van der Waals surface area contributed by atoms with Crippen LogP contribution in [0.1, 0.15) is 34.6 Å². The largest absolute Gasteiger partial charge is 0.497 e. The summed E-state index contributed by atoms with van der Waals surface area (Å²) in [5.74, 6) is 1.80. The molecule has 0 heterocycles. The van der Waals surface area contributed by atoms with Gasteiger partial charge in [-0.15, -0.1) is 0 Å². The number of hydrogen-bond acceptors (Lipinski definition) is 4. The third-order valence-electron chi connectivity index (χ3n) is 5.17. The lowest BCUT2D eigenvalue weighted by molar-refractivity contribution is 0.100. The van der Waals surface area contributed by atoms with Crippen molar-refractivity contribution in [1.82, 2.24) is 0 Å². The van der Waals surface area contributed by atoms with Gasteiger partial charge in [-0.25, -0.2) is 0 Å². The SMILES string of the molecule is COc1ccc(C(C)=O)cc1.COc1ccc2cc(-c3ccc(C(C)=O)cc3)ccc2c1. The summed E-state index contributed by atoms with van der Waals surface area (Å²) < 4.78 is 10.2. The minimum atomic E-state index is 0.0765. The van der Waals surface area contributed by atoms with Crippen molar-refractivity contribution in [3.63, 3.8) is 0 Å². The molecule has 0 saturated carbocycles. The molecule has 32 heavy (non-hydrogen) atoms. The molecule has 0 radical (unpaired) electrons. The van der Waals surface area contributed by atoms with E-state index in [9.17, 15) is 9.59 Å². The van der Waals surface area contributed by atoms with Crippen LogP contribution < -0.4 is 9.47 Å². The maximum atomic E-state index is 11.3. The second-order valence-electron chi connectivity index (χ2n) is 7.35. The van der Waals surface area contributed by atoms with Gasteiger partial charge >= 0.3 is 0 Å². The fraction of sp³-hybridized carbons (Fsp3) is 0.143. The lowest BCUT2D eigenvalue weighted by atomic mass is 9.99. The fourth-order valence-corrected chi connectivity index (χ4v) is 3.25. The third kappa shape index (κ3) is 5.61. The highest BCUT2D eigenvalue weighted by molar-refractivity contribution is 5.95. The predicted molar refractivity (Wildman–Crippen MR) is 129 cm³/mol. The molecule has 0 N–H and O–H groups in total. The van der Waals surface area contributed by atoms with E-state index in [2.05, 4.69) is 24.3 Å². The van der Waals surface area contributed by atoms with Gasteiger partial charge in [-0.2, -0.15) is 0 Å². The highest BCUT2D eigenvalue weighted by atomic mass is 16.5. The monoisotopic (exact) mass is 426 g/mol. The van der Waals surface area contributed by atoms with Gasteiger partial charge in [0, 0.05) is 11.1 Å². The Morgan fingerprint density at radius 2 is 0.969 bits per heavy atom. The van der Waals surface area contributed by atoms with E-state index < -0.39 is 0 Å².